The van der Waals surface area contributed by atoms with Gasteiger partial charge in [-0.15, -0.1) is 0 Å². The van der Waals surface area contributed by atoms with E-state index in [2.05, 4.69) is 22.6 Å². The van der Waals surface area contributed by atoms with Crippen molar-refractivity contribution in [3.63, 3.8) is 0 Å². The van der Waals surface area contributed by atoms with Crippen LogP contribution in [0.5, 0.6) is 0 Å². The van der Waals surface area contributed by atoms with Gasteiger partial charge in [-0.3, -0.25) is 9.59 Å². The van der Waals surface area contributed by atoms with Gasteiger partial charge in [-0.05, 0) is 23.5 Å². The Bertz CT molecular complexity index is 1250. The zero-order valence-corrected chi connectivity index (χ0v) is 33.7. The van der Waals surface area contributed by atoms with Crippen LogP contribution in [0.1, 0.15) is 60.3 Å². The lowest BCUT2D eigenvalue weighted by Crippen LogP contribution is -2.63. The summed E-state index contributed by atoms with van der Waals surface area (Å²) in [5.41, 5.74) is -0.752. The zero-order valence-electron chi connectivity index (χ0n) is 31.5. The van der Waals surface area contributed by atoms with E-state index in [0.717, 1.165) is 0 Å². The molecule has 2 N–H and O–H groups in total. The van der Waals surface area contributed by atoms with Crippen LogP contribution in [0.25, 0.3) is 0 Å². The number of aliphatic hydroxyl groups excluding tert-OH is 1. The molecule has 15 nitrogen and oxygen atoms in total. The number of hydrogen-bond acceptors (Lipinski definition) is 15. The van der Waals surface area contributed by atoms with Gasteiger partial charge < -0.3 is 62.3 Å². The van der Waals surface area contributed by atoms with Crippen LogP contribution in [-0.4, -0.2) is 149 Å². The fourth-order valence-electron chi connectivity index (χ4n) is 8.15. The van der Waals surface area contributed by atoms with Crippen LogP contribution in [-0.2, 0) is 61.7 Å². The van der Waals surface area contributed by atoms with E-state index in [0.29, 0.717) is 6.42 Å². The van der Waals surface area contributed by atoms with E-state index >= 15 is 0 Å². The number of fused-ring (bicyclic) bond motifs is 4. The molecule has 16 heteroatoms. The second-order valence-electron chi connectivity index (χ2n) is 15.3. The highest BCUT2D eigenvalue weighted by molar-refractivity contribution is 14.1. The highest BCUT2D eigenvalue weighted by Crippen LogP contribution is 2.46. The van der Waals surface area contributed by atoms with Gasteiger partial charge in [0.2, 0.25) is 5.79 Å². The number of cyclic esters (lactones) is 1. The number of esters is 1. The van der Waals surface area contributed by atoms with Gasteiger partial charge in [0.15, 0.2) is 18.4 Å². The Labute approximate surface area is 319 Å². The van der Waals surface area contributed by atoms with Gasteiger partial charge in [-0.25, -0.2) is 0 Å². The van der Waals surface area contributed by atoms with E-state index in [1.54, 1.807) is 24.0 Å². The fourth-order valence-corrected chi connectivity index (χ4v) is 8.53. The quantitative estimate of drug-likeness (QED) is 0.255. The summed E-state index contributed by atoms with van der Waals surface area (Å²) in [6, 6.07) is 0. The van der Waals surface area contributed by atoms with E-state index < -0.39 is 115 Å². The third kappa shape index (κ3) is 8.44. The number of ether oxygens (including phenoxy) is 11. The van der Waals surface area contributed by atoms with Crippen LogP contribution >= 0.6 is 22.6 Å². The van der Waals surface area contributed by atoms with Crippen molar-refractivity contribution in [2.45, 2.75) is 152 Å². The Morgan fingerprint density at radius 3 is 2.15 bits per heavy atom. The van der Waals surface area contributed by atoms with Crippen LogP contribution in [0.2, 0.25) is 0 Å². The van der Waals surface area contributed by atoms with Gasteiger partial charge in [-0.1, -0.05) is 50.3 Å². The van der Waals surface area contributed by atoms with E-state index in [1.807, 2.05) is 20.8 Å². The first-order valence-electron chi connectivity index (χ1n) is 18.1. The van der Waals surface area contributed by atoms with Crippen molar-refractivity contribution >= 4 is 34.3 Å². The number of carbonyl (C=O) groups excluding carboxylic acids is 2. The summed E-state index contributed by atoms with van der Waals surface area (Å²) >= 11 is 2.08. The van der Waals surface area contributed by atoms with Crippen LogP contribution in [0, 0.1) is 17.3 Å². The molecule has 0 aromatic heterocycles. The number of carbonyl (C=O) groups is 2. The zero-order chi connectivity index (χ0) is 38.1. The average Bonchev–Trinajstić information content (AvgIpc) is 3.43. The van der Waals surface area contributed by atoms with Gasteiger partial charge in [-0.2, -0.15) is 0 Å². The summed E-state index contributed by atoms with van der Waals surface area (Å²) in [7, 11) is 6.01. The number of rotatable bonds is 9. The first-order chi connectivity index (χ1) is 24.6. The first-order valence-corrected chi connectivity index (χ1v) is 19.3. The van der Waals surface area contributed by atoms with Crippen molar-refractivity contribution < 1.29 is 71.9 Å². The fraction of sp³-hybridized carbons (Fsp3) is 0.889. The van der Waals surface area contributed by atoms with E-state index in [1.165, 1.54) is 28.4 Å². The maximum atomic E-state index is 13.9. The summed E-state index contributed by atoms with van der Waals surface area (Å²) < 4.78 is 68.8. The molecule has 0 amide bonds. The minimum absolute atomic E-state index is 0.0849. The van der Waals surface area contributed by atoms with Crippen LogP contribution in [0.3, 0.4) is 0 Å². The molecule has 0 radical (unpaired) electrons. The van der Waals surface area contributed by atoms with E-state index in [4.69, 9.17) is 52.1 Å². The second-order valence-corrected chi connectivity index (χ2v) is 16.0. The lowest BCUT2D eigenvalue weighted by molar-refractivity contribution is -0.358. The second kappa shape index (κ2) is 17.5. The molecule has 5 rings (SSSR count). The molecule has 5 aliphatic rings. The molecule has 0 spiro atoms. The monoisotopic (exact) mass is 856 g/mol. The van der Waals surface area contributed by atoms with E-state index in [9.17, 15) is 19.8 Å². The van der Waals surface area contributed by atoms with Crippen LogP contribution in [0.4, 0.5) is 0 Å². The van der Waals surface area contributed by atoms with Crippen molar-refractivity contribution in [1.29, 1.82) is 0 Å². The van der Waals surface area contributed by atoms with Gasteiger partial charge in [0.1, 0.15) is 42.7 Å². The molecule has 0 unspecified atom stereocenters. The van der Waals surface area contributed by atoms with Crippen molar-refractivity contribution in [2.75, 3.05) is 35.0 Å². The van der Waals surface area contributed by atoms with Crippen molar-refractivity contribution in [1.82, 2.24) is 0 Å². The number of halogens is 1. The van der Waals surface area contributed by atoms with Crippen molar-refractivity contribution in [3.05, 3.63) is 10.2 Å². The minimum atomic E-state index is -2.03. The standard InChI is InChI=1S/C36H57IO15/c1-17-12-26-35(4,5)25(10-11-37)50-27(39)15-22-18(2)21(13-20(48-22)14-24(38)36(17,41)52-26)49-33-31(44-8)29(23(42-6)16-46-33)51-34-32(45-9)30(43-7)28(40)19(3)47-34/h10-11,17-23,25-26,28-34,40-41H,12-16H2,1-9H3/b11-10+/t17-,18-,19+,20+,21+,22+,23-,25-,26-,28-,29+,30-,31-,32+,33+,34+,36-/m1/s1. The van der Waals surface area contributed by atoms with E-state index in [-0.39, 0.29) is 31.8 Å². The summed E-state index contributed by atoms with van der Waals surface area (Å²) in [5, 5.41) is 22.4. The molecule has 5 fully saturated rings. The lowest BCUT2D eigenvalue weighted by atomic mass is 9.77. The van der Waals surface area contributed by atoms with Gasteiger partial charge in [0, 0.05) is 58.5 Å². The molecule has 0 aromatic rings. The third-order valence-corrected chi connectivity index (χ3v) is 12.1. The summed E-state index contributed by atoms with van der Waals surface area (Å²) in [4.78, 5) is 27.5. The number of ketones is 1. The maximum Gasteiger partial charge on any atom is 0.309 e. The predicted octanol–water partition coefficient (Wildman–Crippen LogP) is 2.44. The van der Waals surface area contributed by atoms with Crippen molar-refractivity contribution in [2.24, 2.45) is 17.3 Å². The molecule has 0 aromatic carbocycles. The maximum absolute atomic E-state index is 13.9. The minimum Gasteiger partial charge on any atom is -0.457 e. The molecule has 52 heavy (non-hydrogen) atoms. The Kier molecular flexibility index (Phi) is 14.2. The molecule has 0 saturated carbocycles. The average molecular weight is 857 g/mol. The smallest absolute Gasteiger partial charge is 0.309 e. The molecule has 4 bridgehead atoms. The first kappa shape index (κ1) is 42.3. The van der Waals surface area contributed by atoms with Crippen LogP contribution in [0.15, 0.2) is 10.2 Å². The predicted molar refractivity (Wildman–Crippen MR) is 190 cm³/mol. The third-order valence-electron chi connectivity index (χ3n) is 11.7. The molecule has 17 atom stereocenters. The largest absolute Gasteiger partial charge is 0.457 e. The molecule has 298 valence electrons. The highest BCUT2D eigenvalue weighted by atomic mass is 127. The van der Waals surface area contributed by atoms with Crippen LogP contribution < -0.4 is 0 Å². The summed E-state index contributed by atoms with van der Waals surface area (Å²) in [5.74, 6) is -3.84. The molecule has 5 heterocycles. The Balaban J connectivity index is 1.39. The number of methoxy groups -OCH3 is 4. The number of hydrogen-bond donors (Lipinski definition) is 2. The topological polar surface area (TPSA) is 176 Å². The Morgan fingerprint density at radius 1 is 0.846 bits per heavy atom. The Morgan fingerprint density at radius 2 is 1.52 bits per heavy atom. The van der Waals surface area contributed by atoms with Gasteiger partial charge in [0.25, 0.3) is 0 Å². The molecular weight excluding hydrogens is 799 g/mol. The van der Waals surface area contributed by atoms with Crippen molar-refractivity contribution in [3.8, 4) is 0 Å². The molecular formula is C36H57IO15. The SMILES string of the molecule is CO[C@@H]1[C@H](O[C@@H]2[C@@H](OC)[C@H](O[C@H]3C[C@H]4CC(=O)[C@]5(O)O[C@H](C[C@H]5C)C(C)(C)[C@@H](/C=C/I)OC(=O)C[C@H](O4)[C@@H]3C)OC[C@H]2OC)O[C@@H](C)[C@@H](O)[C@H]1OC. The number of aliphatic hydroxyl groups is 2. The highest BCUT2D eigenvalue weighted by Gasteiger charge is 2.57. The number of Topliss-reactive ketones (excluding diaryl/α,β-unsaturated/α-hetero) is 1. The normalized spacial score (nSPS) is 47.4. The van der Waals surface area contributed by atoms with Gasteiger partial charge in [0.05, 0.1) is 43.5 Å². The summed E-state index contributed by atoms with van der Waals surface area (Å²) in [6.45, 7) is 9.33. The molecule has 0 aliphatic carbocycles. The molecule has 5 saturated heterocycles. The molecule has 5 aliphatic heterocycles. The summed E-state index contributed by atoms with van der Waals surface area (Å²) in [6.07, 6.45) is -8.14. The Hall–Kier alpha value is -0.870. The van der Waals surface area contributed by atoms with Gasteiger partial charge >= 0.3 is 5.97 Å². The lowest BCUT2D eigenvalue weighted by Gasteiger charge is -2.48.